The van der Waals surface area contributed by atoms with Gasteiger partial charge in [0.15, 0.2) is 0 Å². The number of carbonyl (C=O) groups excluding carboxylic acids is 1. The highest BCUT2D eigenvalue weighted by molar-refractivity contribution is 9.10. The Morgan fingerprint density at radius 3 is 2.70 bits per heavy atom. The summed E-state index contributed by atoms with van der Waals surface area (Å²) in [5, 5.41) is 6.39. The molecule has 2 rings (SSSR count). The van der Waals surface area contributed by atoms with Crippen molar-refractivity contribution in [3.05, 3.63) is 34.3 Å². The van der Waals surface area contributed by atoms with Gasteiger partial charge in [0, 0.05) is 31.2 Å². The molecule has 0 aromatic heterocycles. The first kappa shape index (κ1) is 18.4. The Hall–Kier alpha value is -0.910. The van der Waals surface area contributed by atoms with Crippen LogP contribution in [0, 0.1) is 0 Å². The number of ether oxygens (including phenoxy) is 1. The zero-order valence-corrected chi connectivity index (χ0v) is 15.5. The average Bonchev–Trinajstić information content (AvgIpc) is 2.58. The molecule has 1 amide bonds. The molecule has 0 aliphatic heterocycles. The Morgan fingerprint density at radius 2 is 2.00 bits per heavy atom. The lowest BCUT2D eigenvalue weighted by Crippen LogP contribution is -2.47. The van der Waals surface area contributed by atoms with Crippen LogP contribution < -0.4 is 10.6 Å². The van der Waals surface area contributed by atoms with Gasteiger partial charge in [0.1, 0.15) is 0 Å². The van der Waals surface area contributed by atoms with Gasteiger partial charge < -0.3 is 15.4 Å². The molecule has 0 spiro atoms. The van der Waals surface area contributed by atoms with Crippen LogP contribution >= 0.6 is 15.9 Å². The van der Waals surface area contributed by atoms with E-state index in [1.54, 1.807) is 7.11 Å². The zero-order valence-electron chi connectivity index (χ0n) is 13.9. The number of nitrogens with one attached hydrogen (secondary N) is 2. The molecule has 5 heteroatoms. The highest BCUT2D eigenvalue weighted by Crippen LogP contribution is 2.40. The summed E-state index contributed by atoms with van der Waals surface area (Å²) in [6.45, 7) is 2.92. The first-order chi connectivity index (χ1) is 11.2. The van der Waals surface area contributed by atoms with Crippen molar-refractivity contribution in [3.63, 3.8) is 0 Å². The third kappa shape index (κ3) is 5.03. The Kier molecular flexibility index (Phi) is 7.53. The molecule has 0 heterocycles. The molecule has 0 radical (unpaired) electrons. The Labute approximate surface area is 147 Å². The minimum absolute atomic E-state index is 0.170. The van der Waals surface area contributed by atoms with Crippen LogP contribution in [0.25, 0.3) is 0 Å². The molecule has 0 bridgehead atoms. The maximum atomic E-state index is 12.9. The van der Waals surface area contributed by atoms with Crippen LogP contribution in [0.5, 0.6) is 0 Å². The van der Waals surface area contributed by atoms with Gasteiger partial charge in [0.2, 0.25) is 5.91 Å². The van der Waals surface area contributed by atoms with Crippen molar-refractivity contribution in [2.45, 2.75) is 37.5 Å². The van der Waals surface area contributed by atoms with Crippen molar-refractivity contribution in [2.24, 2.45) is 0 Å². The van der Waals surface area contributed by atoms with E-state index in [1.807, 2.05) is 12.1 Å². The van der Waals surface area contributed by atoms with Crippen molar-refractivity contribution in [2.75, 3.05) is 33.4 Å². The molecule has 0 atom stereocenters. The standard InChI is InChI=1S/C18H27BrN2O2/c1-23-13-12-20-10-11-21-17(22)18(8-3-2-4-9-18)15-6-5-7-16(19)14-15/h5-7,14,20H,2-4,8-13H2,1H3,(H,21,22). The van der Waals surface area contributed by atoms with E-state index in [0.717, 1.165) is 48.8 Å². The van der Waals surface area contributed by atoms with E-state index in [1.165, 1.54) is 6.42 Å². The maximum Gasteiger partial charge on any atom is 0.230 e. The van der Waals surface area contributed by atoms with E-state index in [-0.39, 0.29) is 11.3 Å². The van der Waals surface area contributed by atoms with E-state index in [0.29, 0.717) is 13.2 Å². The molecule has 1 aromatic carbocycles. The van der Waals surface area contributed by atoms with E-state index in [9.17, 15) is 4.79 Å². The van der Waals surface area contributed by atoms with Gasteiger partial charge >= 0.3 is 0 Å². The van der Waals surface area contributed by atoms with Gasteiger partial charge in [-0.2, -0.15) is 0 Å². The lowest BCUT2D eigenvalue weighted by molar-refractivity contribution is -0.128. The highest BCUT2D eigenvalue weighted by Gasteiger charge is 2.40. The molecule has 1 aliphatic carbocycles. The molecule has 2 N–H and O–H groups in total. The summed E-state index contributed by atoms with van der Waals surface area (Å²) < 4.78 is 6.03. The summed E-state index contributed by atoms with van der Waals surface area (Å²) >= 11 is 3.54. The van der Waals surface area contributed by atoms with Crippen LogP contribution in [0.15, 0.2) is 28.7 Å². The average molecular weight is 383 g/mol. The summed E-state index contributed by atoms with van der Waals surface area (Å²) in [7, 11) is 1.69. The fraction of sp³-hybridized carbons (Fsp3) is 0.611. The van der Waals surface area contributed by atoms with Crippen molar-refractivity contribution in [3.8, 4) is 0 Å². The fourth-order valence-electron chi connectivity index (χ4n) is 3.32. The van der Waals surface area contributed by atoms with Crippen LogP contribution in [0.2, 0.25) is 0 Å². The van der Waals surface area contributed by atoms with Gasteiger partial charge in [0.25, 0.3) is 0 Å². The summed E-state index contributed by atoms with van der Waals surface area (Å²) in [5.41, 5.74) is 0.769. The molecule has 1 fully saturated rings. The Morgan fingerprint density at radius 1 is 1.22 bits per heavy atom. The number of carbonyl (C=O) groups is 1. The van der Waals surface area contributed by atoms with Crippen LogP contribution in [-0.4, -0.2) is 39.3 Å². The van der Waals surface area contributed by atoms with E-state index < -0.39 is 0 Å². The molecular formula is C18H27BrN2O2. The predicted octanol–water partition coefficient (Wildman–Crippen LogP) is 3.00. The third-order valence-corrected chi connectivity index (χ3v) is 5.08. The van der Waals surface area contributed by atoms with Crippen LogP contribution in [0.4, 0.5) is 0 Å². The van der Waals surface area contributed by atoms with Gasteiger partial charge in [0.05, 0.1) is 12.0 Å². The monoisotopic (exact) mass is 382 g/mol. The zero-order chi connectivity index (χ0) is 16.5. The second-order valence-corrected chi connectivity index (χ2v) is 7.07. The van der Waals surface area contributed by atoms with E-state index in [4.69, 9.17) is 4.74 Å². The van der Waals surface area contributed by atoms with Gasteiger partial charge in [-0.05, 0) is 30.5 Å². The van der Waals surface area contributed by atoms with Gasteiger partial charge in [-0.1, -0.05) is 47.3 Å². The number of hydrogen-bond acceptors (Lipinski definition) is 3. The van der Waals surface area contributed by atoms with E-state index in [2.05, 4.69) is 38.7 Å². The SMILES string of the molecule is COCCNCCNC(=O)C1(c2cccc(Br)c2)CCCCC1. The molecule has 0 saturated heterocycles. The lowest BCUT2D eigenvalue weighted by Gasteiger charge is -2.36. The molecule has 128 valence electrons. The molecular weight excluding hydrogens is 356 g/mol. The minimum Gasteiger partial charge on any atom is -0.383 e. The van der Waals surface area contributed by atoms with Crippen molar-refractivity contribution < 1.29 is 9.53 Å². The predicted molar refractivity (Wildman–Crippen MR) is 96.7 cm³/mol. The van der Waals surface area contributed by atoms with Gasteiger partial charge in [-0.3, -0.25) is 4.79 Å². The smallest absolute Gasteiger partial charge is 0.230 e. The molecule has 1 aliphatic rings. The second kappa shape index (κ2) is 9.40. The largest absolute Gasteiger partial charge is 0.383 e. The van der Waals surface area contributed by atoms with Crippen LogP contribution in [-0.2, 0) is 14.9 Å². The maximum absolute atomic E-state index is 12.9. The molecule has 4 nitrogen and oxygen atoms in total. The molecule has 23 heavy (non-hydrogen) atoms. The Balaban J connectivity index is 1.99. The summed E-state index contributed by atoms with van der Waals surface area (Å²) in [6, 6.07) is 8.22. The van der Waals surface area contributed by atoms with Crippen molar-refractivity contribution in [1.29, 1.82) is 0 Å². The number of methoxy groups -OCH3 is 1. The van der Waals surface area contributed by atoms with Crippen LogP contribution in [0.1, 0.15) is 37.7 Å². The first-order valence-electron chi connectivity index (χ1n) is 8.43. The summed E-state index contributed by atoms with van der Waals surface area (Å²) in [4.78, 5) is 12.9. The Bertz CT molecular complexity index is 502. The number of halogens is 1. The number of rotatable bonds is 8. The number of hydrogen-bond donors (Lipinski definition) is 2. The topological polar surface area (TPSA) is 50.4 Å². The fourth-order valence-corrected chi connectivity index (χ4v) is 3.72. The first-order valence-corrected chi connectivity index (χ1v) is 9.22. The van der Waals surface area contributed by atoms with Gasteiger partial charge in [-0.25, -0.2) is 0 Å². The third-order valence-electron chi connectivity index (χ3n) is 4.59. The quantitative estimate of drug-likeness (QED) is 0.679. The molecule has 1 aromatic rings. The van der Waals surface area contributed by atoms with Crippen molar-refractivity contribution in [1.82, 2.24) is 10.6 Å². The van der Waals surface area contributed by atoms with Crippen LogP contribution in [0.3, 0.4) is 0 Å². The number of amides is 1. The lowest BCUT2D eigenvalue weighted by atomic mass is 9.68. The summed E-state index contributed by atoms with van der Waals surface area (Å²) in [5.74, 6) is 0.170. The highest BCUT2D eigenvalue weighted by atomic mass is 79.9. The van der Waals surface area contributed by atoms with Gasteiger partial charge in [-0.15, -0.1) is 0 Å². The second-order valence-electron chi connectivity index (χ2n) is 6.15. The number of benzene rings is 1. The molecule has 0 unspecified atom stereocenters. The van der Waals surface area contributed by atoms with Crippen molar-refractivity contribution >= 4 is 21.8 Å². The normalized spacial score (nSPS) is 17.0. The van der Waals surface area contributed by atoms with E-state index >= 15 is 0 Å². The molecule has 1 saturated carbocycles. The summed E-state index contributed by atoms with van der Waals surface area (Å²) in [6.07, 6.45) is 5.33. The minimum atomic E-state index is -0.367.